The normalized spacial score (nSPS) is 16.3. The standard InChI is InChI=1S/C37H35ClF3N9O6/c1-4-26-30(47-9-11-48(12-10-47)33(53)29-31(52)20(2)42-19-43-29)34(54)50-35(44-32(45-50)21-5-7-24-22(13-21)16-56-36(24)17-55-18-36)49(26)15-28(51)46(3)27-8-6-23(14-25(27)38)37(39,40)41/h5-8,13-14,19,52H,4,9-12,15-18H2,1-3H3. The molecule has 3 aliphatic rings. The van der Waals surface area contributed by atoms with Crippen LogP contribution in [0.25, 0.3) is 17.2 Å². The molecular weight excluding hydrogens is 759 g/mol. The van der Waals surface area contributed by atoms with E-state index in [2.05, 4.69) is 15.1 Å². The number of carbonyl (C=O) groups is 2. The molecule has 0 saturated carbocycles. The van der Waals surface area contributed by atoms with Gasteiger partial charge < -0.3 is 33.8 Å². The van der Waals surface area contributed by atoms with Crippen LogP contribution in [0.1, 0.15) is 45.5 Å². The molecule has 6 heterocycles. The molecule has 2 fully saturated rings. The summed E-state index contributed by atoms with van der Waals surface area (Å²) in [4.78, 5) is 59.0. The van der Waals surface area contributed by atoms with E-state index in [4.69, 9.17) is 26.1 Å². The van der Waals surface area contributed by atoms with E-state index in [1.165, 1.54) is 18.3 Å². The van der Waals surface area contributed by atoms with E-state index in [0.717, 1.165) is 38.7 Å². The third-order valence-corrected chi connectivity index (χ3v) is 10.9. The first-order valence-electron chi connectivity index (χ1n) is 17.8. The smallest absolute Gasteiger partial charge is 0.416 e. The highest BCUT2D eigenvalue weighted by atomic mass is 35.5. The van der Waals surface area contributed by atoms with E-state index in [1.807, 2.05) is 30.0 Å². The van der Waals surface area contributed by atoms with E-state index in [1.54, 1.807) is 11.5 Å². The predicted molar refractivity (Wildman–Crippen MR) is 196 cm³/mol. The Morgan fingerprint density at radius 2 is 1.82 bits per heavy atom. The number of alkyl halides is 3. The highest BCUT2D eigenvalue weighted by Gasteiger charge is 2.47. The van der Waals surface area contributed by atoms with Crippen LogP contribution in [-0.4, -0.2) is 97.4 Å². The summed E-state index contributed by atoms with van der Waals surface area (Å²) < 4.78 is 54.4. The third kappa shape index (κ3) is 6.21. The molecule has 0 unspecified atom stereocenters. The number of benzene rings is 2. The number of rotatable bonds is 7. The summed E-state index contributed by atoms with van der Waals surface area (Å²) >= 11 is 6.27. The van der Waals surface area contributed by atoms with Crippen molar-refractivity contribution in [3.05, 3.63) is 91.9 Å². The Morgan fingerprint density at radius 3 is 2.48 bits per heavy atom. The molecule has 0 atom stereocenters. The van der Waals surface area contributed by atoms with Crippen LogP contribution in [0, 0.1) is 6.92 Å². The number of amides is 2. The topological polar surface area (TPSA) is 161 Å². The first-order valence-corrected chi connectivity index (χ1v) is 18.1. The van der Waals surface area contributed by atoms with Crippen molar-refractivity contribution in [1.82, 2.24) is 34.0 Å². The minimum atomic E-state index is -4.63. The van der Waals surface area contributed by atoms with Gasteiger partial charge in [-0.3, -0.25) is 14.4 Å². The van der Waals surface area contributed by atoms with Crippen LogP contribution in [0.2, 0.25) is 5.02 Å². The molecule has 0 bridgehead atoms. The molecule has 56 heavy (non-hydrogen) atoms. The molecule has 2 amide bonds. The van der Waals surface area contributed by atoms with Crippen molar-refractivity contribution in [2.75, 3.05) is 56.2 Å². The average Bonchev–Trinajstić information content (AvgIpc) is 3.79. The van der Waals surface area contributed by atoms with Gasteiger partial charge in [0.2, 0.25) is 11.7 Å². The van der Waals surface area contributed by atoms with Gasteiger partial charge in [0.05, 0.1) is 47.5 Å². The minimum Gasteiger partial charge on any atom is -0.504 e. The molecule has 8 rings (SSSR count). The second kappa shape index (κ2) is 13.9. The maximum Gasteiger partial charge on any atom is 0.416 e. The van der Waals surface area contributed by atoms with Crippen molar-refractivity contribution in [1.29, 1.82) is 0 Å². The molecule has 2 saturated heterocycles. The fraction of sp³-hybridized carbons (Fsp3) is 0.378. The summed E-state index contributed by atoms with van der Waals surface area (Å²) in [5.41, 5.74) is 1.58. The Hall–Kier alpha value is -5.59. The summed E-state index contributed by atoms with van der Waals surface area (Å²) in [5.74, 6) is -1.03. The molecule has 15 nitrogen and oxygen atoms in total. The number of piperazine rings is 1. The molecule has 19 heteroatoms. The largest absolute Gasteiger partial charge is 0.504 e. The lowest BCUT2D eigenvalue weighted by Gasteiger charge is -2.37. The Morgan fingerprint density at radius 1 is 1.07 bits per heavy atom. The average molecular weight is 794 g/mol. The van der Waals surface area contributed by atoms with Crippen LogP contribution < -0.4 is 15.4 Å². The summed E-state index contributed by atoms with van der Waals surface area (Å²) in [6.07, 6.45) is -3.15. The van der Waals surface area contributed by atoms with E-state index >= 15 is 0 Å². The number of halogens is 4. The summed E-state index contributed by atoms with van der Waals surface area (Å²) in [7, 11) is 1.40. The van der Waals surface area contributed by atoms with Gasteiger partial charge in [0, 0.05) is 38.8 Å². The summed E-state index contributed by atoms with van der Waals surface area (Å²) in [5, 5.41) is 14.8. The van der Waals surface area contributed by atoms with Crippen molar-refractivity contribution in [2.45, 2.75) is 45.2 Å². The molecule has 0 radical (unpaired) electrons. The van der Waals surface area contributed by atoms with Crippen LogP contribution in [0.15, 0.2) is 47.5 Å². The number of hydrogen-bond donors (Lipinski definition) is 1. The van der Waals surface area contributed by atoms with E-state index in [9.17, 15) is 32.7 Å². The van der Waals surface area contributed by atoms with Gasteiger partial charge in [0.25, 0.3) is 11.5 Å². The lowest BCUT2D eigenvalue weighted by Crippen LogP contribution is -2.51. The van der Waals surface area contributed by atoms with Crippen molar-refractivity contribution in [3.63, 3.8) is 0 Å². The number of likely N-dealkylation sites (N-methyl/N-ethyl adjacent to an activating group) is 1. The fourth-order valence-corrected chi connectivity index (χ4v) is 7.71. The van der Waals surface area contributed by atoms with Crippen molar-refractivity contribution >= 4 is 40.6 Å². The number of carbonyl (C=O) groups excluding carboxylic acids is 2. The number of fused-ring (bicyclic) bond motifs is 3. The second-order valence-corrected chi connectivity index (χ2v) is 14.3. The molecule has 3 aromatic heterocycles. The highest BCUT2D eigenvalue weighted by molar-refractivity contribution is 6.33. The lowest BCUT2D eigenvalue weighted by molar-refractivity contribution is -0.209. The highest BCUT2D eigenvalue weighted by Crippen LogP contribution is 2.43. The maximum absolute atomic E-state index is 14.5. The zero-order chi connectivity index (χ0) is 39.7. The molecule has 0 aliphatic carbocycles. The van der Waals surface area contributed by atoms with E-state index in [-0.39, 0.29) is 84.3 Å². The van der Waals surface area contributed by atoms with Gasteiger partial charge >= 0.3 is 6.18 Å². The van der Waals surface area contributed by atoms with Crippen LogP contribution in [0.5, 0.6) is 5.75 Å². The first-order chi connectivity index (χ1) is 26.7. The molecule has 2 aromatic carbocycles. The van der Waals surface area contributed by atoms with E-state index in [0.29, 0.717) is 31.1 Å². The molecule has 1 N–H and O–H groups in total. The van der Waals surface area contributed by atoms with Gasteiger partial charge in [-0.2, -0.15) is 22.7 Å². The minimum absolute atomic E-state index is 0.0582. The number of aromatic nitrogens is 6. The van der Waals surface area contributed by atoms with Crippen LogP contribution in [-0.2, 0) is 45.6 Å². The number of anilines is 2. The second-order valence-electron chi connectivity index (χ2n) is 13.9. The summed E-state index contributed by atoms with van der Waals surface area (Å²) in [6, 6.07) is 8.44. The van der Waals surface area contributed by atoms with Crippen molar-refractivity contribution in [3.8, 4) is 17.1 Å². The molecule has 5 aromatic rings. The predicted octanol–water partition coefficient (Wildman–Crippen LogP) is 3.98. The summed E-state index contributed by atoms with van der Waals surface area (Å²) in [6.45, 7) is 5.10. The zero-order valence-electron chi connectivity index (χ0n) is 30.4. The van der Waals surface area contributed by atoms with Gasteiger partial charge in [0.15, 0.2) is 17.3 Å². The van der Waals surface area contributed by atoms with E-state index < -0.39 is 34.7 Å². The Balaban J connectivity index is 1.17. The van der Waals surface area contributed by atoms with Gasteiger partial charge in [-0.05, 0) is 48.7 Å². The van der Waals surface area contributed by atoms with Crippen LogP contribution in [0.4, 0.5) is 24.5 Å². The van der Waals surface area contributed by atoms with Crippen molar-refractivity contribution in [2.24, 2.45) is 0 Å². The van der Waals surface area contributed by atoms with Gasteiger partial charge in [-0.25, -0.2) is 9.97 Å². The SMILES string of the molecule is CCc1c(N2CCN(C(=O)c3ncnc(C)c3O)CC2)c(=O)n2nc(-c3ccc4c(c3)COC43COC3)nc2n1CC(=O)N(C)c1ccc(C(F)(F)F)cc1Cl. The first kappa shape index (κ1) is 37.3. The third-order valence-electron chi connectivity index (χ3n) is 10.6. The molecular formula is C37H35ClF3N9O6. The van der Waals surface area contributed by atoms with Crippen LogP contribution >= 0.6 is 11.6 Å². The van der Waals surface area contributed by atoms with Gasteiger partial charge in [-0.15, -0.1) is 5.10 Å². The van der Waals surface area contributed by atoms with Gasteiger partial charge in [-0.1, -0.05) is 30.7 Å². The zero-order valence-corrected chi connectivity index (χ0v) is 31.2. The molecule has 1 spiro atoms. The number of aryl methyl sites for hydroxylation is 1. The van der Waals surface area contributed by atoms with Gasteiger partial charge in [0.1, 0.15) is 24.2 Å². The Kier molecular flexibility index (Phi) is 9.24. The number of aromatic hydroxyl groups is 1. The number of hydrogen-bond acceptors (Lipinski definition) is 11. The molecule has 3 aliphatic heterocycles. The Labute approximate surface area is 321 Å². The fourth-order valence-electron chi connectivity index (χ4n) is 7.41. The quantitative estimate of drug-likeness (QED) is 0.254. The number of nitrogens with zero attached hydrogens (tertiary/aromatic N) is 9. The Bertz CT molecular complexity index is 2480. The lowest BCUT2D eigenvalue weighted by atomic mass is 9.90. The monoisotopic (exact) mass is 793 g/mol. The number of ether oxygens (including phenoxy) is 2. The molecule has 292 valence electrons. The van der Waals surface area contributed by atoms with Crippen LogP contribution in [0.3, 0.4) is 0 Å². The van der Waals surface area contributed by atoms with Crippen molar-refractivity contribution < 1.29 is 37.3 Å². The maximum atomic E-state index is 14.5.